The fourth-order valence-corrected chi connectivity index (χ4v) is 3.11. The molecule has 1 saturated carbocycles. The monoisotopic (exact) mass is 276 g/mol. The van der Waals surface area contributed by atoms with Crippen LogP contribution in [0.3, 0.4) is 0 Å². The van der Waals surface area contributed by atoms with Crippen molar-refractivity contribution in [2.75, 3.05) is 7.11 Å². The number of hydrogen-bond acceptors (Lipinski definition) is 2. The highest BCUT2D eigenvalue weighted by atomic mass is 16.5. The van der Waals surface area contributed by atoms with Crippen LogP contribution in [0, 0.1) is 0 Å². The normalized spacial score (nSPS) is 16.1. The number of hydrogen-bond donors (Lipinski definition) is 1. The van der Waals surface area contributed by atoms with Gasteiger partial charge in [-0.25, -0.2) is 0 Å². The minimum absolute atomic E-state index is 0.219. The first-order chi connectivity index (χ1) is 9.70. The van der Waals surface area contributed by atoms with Gasteiger partial charge in [-0.05, 0) is 48.8 Å². The maximum atomic E-state index is 10.6. The maximum absolute atomic E-state index is 10.6. The smallest absolute Gasteiger partial charge is 0.303 e. The van der Waals surface area contributed by atoms with E-state index in [1.54, 1.807) is 7.11 Å². The first-order valence-corrected chi connectivity index (χ1v) is 7.59. The van der Waals surface area contributed by atoms with E-state index in [2.05, 4.69) is 12.1 Å². The molecule has 20 heavy (non-hydrogen) atoms. The Bertz CT molecular complexity index is 448. The Hall–Kier alpha value is -1.51. The highest BCUT2D eigenvalue weighted by Crippen LogP contribution is 2.34. The van der Waals surface area contributed by atoms with Crippen molar-refractivity contribution in [3.63, 3.8) is 0 Å². The fraction of sp³-hybridized carbons (Fsp3) is 0.588. The number of benzene rings is 1. The summed E-state index contributed by atoms with van der Waals surface area (Å²) in [6, 6.07) is 6.45. The van der Waals surface area contributed by atoms with Crippen molar-refractivity contribution < 1.29 is 14.6 Å². The molecule has 0 amide bonds. The SMILES string of the molecule is COc1ccc(C2CCCCC2)cc1CCCC(=O)O. The molecule has 0 aliphatic heterocycles. The van der Waals surface area contributed by atoms with Crippen LogP contribution in [0.2, 0.25) is 0 Å². The summed E-state index contributed by atoms with van der Waals surface area (Å²) in [5, 5.41) is 8.75. The van der Waals surface area contributed by atoms with Gasteiger partial charge in [-0.1, -0.05) is 31.4 Å². The van der Waals surface area contributed by atoms with Crippen LogP contribution in [0.4, 0.5) is 0 Å². The Morgan fingerprint density at radius 2 is 2.05 bits per heavy atom. The number of carbonyl (C=O) groups is 1. The molecule has 1 aliphatic carbocycles. The Labute approximate surface area is 121 Å². The van der Waals surface area contributed by atoms with E-state index in [0.29, 0.717) is 12.3 Å². The number of rotatable bonds is 6. The van der Waals surface area contributed by atoms with Gasteiger partial charge in [-0.2, -0.15) is 0 Å². The molecule has 0 saturated heterocycles. The molecular weight excluding hydrogens is 252 g/mol. The molecule has 0 bridgehead atoms. The third-order valence-corrected chi connectivity index (χ3v) is 4.22. The Kier molecular flexibility index (Phi) is 5.45. The lowest BCUT2D eigenvalue weighted by atomic mass is 9.83. The number of carboxylic acids is 1. The molecule has 0 unspecified atom stereocenters. The molecule has 3 nitrogen and oxygen atoms in total. The zero-order valence-electron chi connectivity index (χ0n) is 12.2. The lowest BCUT2D eigenvalue weighted by Crippen LogP contribution is -2.06. The van der Waals surface area contributed by atoms with Crippen molar-refractivity contribution in [3.8, 4) is 5.75 Å². The molecule has 1 aliphatic rings. The van der Waals surface area contributed by atoms with Gasteiger partial charge in [0.15, 0.2) is 0 Å². The van der Waals surface area contributed by atoms with Crippen LogP contribution < -0.4 is 4.74 Å². The molecule has 0 spiro atoms. The lowest BCUT2D eigenvalue weighted by molar-refractivity contribution is -0.137. The van der Waals surface area contributed by atoms with Crippen LogP contribution in [0.1, 0.15) is 62.0 Å². The van der Waals surface area contributed by atoms with Gasteiger partial charge in [0.1, 0.15) is 5.75 Å². The van der Waals surface area contributed by atoms with Crippen LogP contribution in [0.25, 0.3) is 0 Å². The van der Waals surface area contributed by atoms with Gasteiger partial charge in [0.2, 0.25) is 0 Å². The highest BCUT2D eigenvalue weighted by Gasteiger charge is 2.17. The van der Waals surface area contributed by atoms with E-state index < -0.39 is 5.97 Å². The average Bonchev–Trinajstić information content (AvgIpc) is 2.47. The second-order valence-corrected chi connectivity index (χ2v) is 5.65. The van der Waals surface area contributed by atoms with Gasteiger partial charge in [0.05, 0.1) is 7.11 Å². The second kappa shape index (κ2) is 7.32. The molecule has 0 radical (unpaired) electrons. The third kappa shape index (κ3) is 3.99. The molecule has 0 aromatic heterocycles. The van der Waals surface area contributed by atoms with Crippen molar-refractivity contribution in [1.29, 1.82) is 0 Å². The Morgan fingerprint density at radius 3 is 2.70 bits per heavy atom. The summed E-state index contributed by atoms with van der Waals surface area (Å²) in [5.74, 6) is 0.829. The van der Waals surface area contributed by atoms with Crippen LogP contribution in [-0.2, 0) is 11.2 Å². The second-order valence-electron chi connectivity index (χ2n) is 5.65. The van der Waals surface area contributed by atoms with E-state index in [9.17, 15) is 4.79 Å². The minimum atomic E-state index is -0.729. The topological polar surface area (TPSA) is 46.5 Å². The first-order valence-electron chi connectivity index (χ1n) is 7.59. The number of carboxylic acid groups (broad SMARTS) is 1. The van der Waals surface area contributed by atoms with Gasteiger partial charge in [-0.3, -0.25) is 4.79 Å². The summed E-state index contributed by atoms with van der Waals surface area (Å²) in [4.78, 5) is 10.6. The van der Waals surface area contributed by atoms with Crippen LogP contribution >= 0.6 is 0 Å². The minimum Gasteiger partial charge on any atom is -0.496 e. The average molecular weight is 276 g/mol. The third-order valence-electron chi connectivity index (χ3n) is 4.22. The van der Waals surface area contributed by atoms with Crippen molar-refractivity contribution in [2.24, 2.45) is 0 Å². The number of methoxy groups -OCH3 is 1. The van der Waals surface area contributed by atoms with Crippen LogP contribution in [0.15, 0.2) is 18.2 Å². The zero-order chi connectivity index (χ0) is 14.4. The molecule has 1 aromatic carbocycles. The van der Waals surface area contributed by atoms with Gasteiger partial charge in [0, 0.05) is 6.42 Å². The molecule has 0 atom stereocenters. The van der Waals surface area contributed by atoms with E-state index in [1.807, 2.05) is 6.07 Å². The Morgan fingerprint density at radius 1 is 1.30 bits per heavy atom. The van der Waals surface area contributed by atoms with Gasteiger partial charge in [0.25, 0.3) is 0 Å². The summed E-state index contributed by atoms with van der Waals surface area (Å²) in [6.07, 6.45) is 8.22. The van der Waals surface area contributed by atoms with Crippen molar-refractivity contribution in [3.05, 3.63) is 29.3 Å². The number of ether oxygens (including phenoxy) is 1. The quantitative estimate of drug-likeness (QED) is 0.849. The van der Waals surface area contributed by atoms with Crippen molar-refractivity contribution in [1.82, 2.24) is 0 Å². The summed E-state index contributed by atoms with van der Waals surface area (Å²) in [6.45, 7) is 0. The summed E-state index contributed by atoms with van der Waals surface area (Å²) >= 11 is 0. The molecule has 110 valence electrons. The zero-order valence-corrected chi connectivity index (χ0v) is 12.2. The predicted molar refractivity (Wildman–Crippen MR) is 79.4 cm³/mol. The summed E-state index contributed by atoms with van der Waals surface area (Å²) in [5.41, 5.74) is 2.55. The van der Waals surface area contributed by atoms with Crippen molar-refractivity contribution >= 4 is 5.97 Å². The predicted octanol–water partition coefficient (Wildman–Crippen LogP) is 4.15. The molecule has 3 heteroatoms. The summed E-state index contributed by atoms with van der Waals surface area (Å²) < 4.78 is 5.40. The molecule has 1 N–H and O–H groups in total. The Balaban J connectivity index is 2.08. The van der Waals surface area contributed by atoms with E-state index >= 15 is 0 Å². The van der Waals surface area contributed by atoms with Gasteiger partial charge >= 0.3 is 5.97 Å². The standard InChI is InChI=1S/C17H24O3/c1-20-16-11-10-14(13-6-3-2-4-7-13)12-15(16)8-5-9-17(18)19/h10-13H,2-9H2,1H3,(H,18,19). The lowest BCUT2D eigenvalue weighted by Gasteiger charge is -2.23. The molecule has 1 fully saturated rings. The van der Waals surface area contributed by atoms with Crippen LogP contribution in [0.5, 0.6) is 5.75 Å². The number of aryl methyl sites for hydroxylation is 1. The van der Waals surface area contributed by atoms with E-state index in [0.717, 1.165) is 17.7 Å². The van der Waals surface area contributed by atoms with Gasteiger partial charge < -0.3 is 9.84 Å². The molecular formula is C17H24O3. The molecule has 0 heterocycles. The summed E-state index contributed by atoms with van der Waals surface area (Å²) in [7, 11) is 1.68. The molecule has 2 rings (SSSR count). The first kappa shape index (κ1) is 14.9. The van der Waals surface area contributed by atoms with Crippen molar-refractivity contribution in [2.45, 2.75) is 57.3 Å². The van der Waals surface area contributed by atoms with Gasteiger partial charge in [-0.15, -0.1) is 0 Å². The van der Waals surface area contributed by atoms with E-state index in [4.69, 9.17) is 9.84 Å². The highest BCUT2D eigenvalue weighted by molar-refractivity contribution is 5.66. The van der Waals surface area contributed by atoms with E-state index in [1.165, 1.54) is 37.7 Å². The van der Waals surface area contributed by atoms with Crippen LogP contribution in [-0.4, -0.2) is 18.2 Å². The van der Waals surface area contributed by atoms with E-state index in [-0.39, 0.29) is 6.42 Å². The fourth-order valence-electron chi connectivity index (χ4n) is 3.11. The number of aliphatic carboxylic acids is 1. The maximum Gasteiger partial charge on any atom is 0.303 e. The molecule has 1 aromatic rings. The largest absolute Gasteiger partial charge is 0.496 e.